The first kappa shape index (κ1) is 21.6. The van der Waals surface area contributed by atoms with E-state index in [4.69, 9.17) is 5.73 Å². The molecule has 0 heterocycles. The van der Waals surface area contributed by atoms with Gasteiger partial charge >= 0.3 is 11.9 Å². The summed E-state index contributed by atoms with van der Waals surface area (Å²) in [5.74, 6) is -3.37. The number of aliphatic carboxylic acids is 1. The lowest BCUT2D eigenvalue weighted by Crippen LogP contribution is -2.52. The van der Waals surface area contributed by atoms with E-state index >= 15 is 0 Å². The summed E-state index contributed by atoms with van der Waals surface area (Å²) in [5, 5.41) is 23.1. The zero-order chi connectivity index (χ0) is 20.4. The van der Waals surface area contributed by atoms with Crippen LogP contribution in [0.4, 0.5) is 0 Å². The van der Waals surface area contributed by atoms with Crippen LogP contribution < -0.4 is 16.4 Å². The van der Waals surface area contributed by atoms with Crippen molar-refractivity contribution in [3.8, 4) is 5.75 Å². The van der Waals surface area contributed by atoms with Crippen molar-refractivity contribution in [1.29, 1.82) is 0 Å². The lowest BCUT2D eigenvalue weighted by molar-refractivity contribution is -0.142. The van der Waals surface area contributed by atoms with Gasteiger partial charge in [-0.1, -0.05) is 12.1 Å². The fourth-order valence-corrected chi connectivity index (χ4v) is 1.92. The minimum absolute atomic E-state index is 0.0116. The number of carboxylic acid groups (broad SMARTS) is 1. The number of phenols is 1. The van der Waals surface area contributed by atoms with Crippen LogP contribution in [-0.4, -0.2) is 59.7 Å². The highest BCUT2D eigenvalue weighted by Gasteiger charge is 2.23. The maximum atomic E-state index is 12.0. The third-order valence-electron chi connectivity index (χ3n) is 3.40. The predicted octanol–water partition coefficient (Wildman–Crippen LogP) is -1.32. The summed E-state index contributed by atoms with van der Waals surface area (Å²) in [6.45, 7) is -0.262. The number of nitrogens with two attached hydrogens (primary N) is 1. The Morgan fingerprint density at radius 3 is 2.37 bits per heavy atom. The minimum atomic E-state index is -1.26. The molecule has 10 heteroatoms. The third-order valence-corrected chi connectivity index (χ3v) is 3.40. The highest BCUT2D eigenvalue weighted by Crippen LogP contribution is 2.11. The van der Waals surface area contributed by atoms with E-state index in [-0.39, 0.29) is 18.7 Å². The van der Waals surface area contributed by atoms with Crippen molar-refractivity contribution in [3.05, 3.63) is 42.0 Å². The number of aromatic hydroxyl groups is 1. The molecule has 2 atom stereocenters. The number of nitrogens with one attached hydrogen (secondary N) is 2. The van der Waals surface area contributed by atoms with Gasteiger partial charge in [-0.05, 0) is 17.7 Å². The maximum absolute atomic E-state index is 12.0. The van der Waals surface area contributed by atoms with E-state index < -0.39 is 35.8 Å². The van der Waals surface area contributed by atoms with E-state index in [1.807, 2.05) is 0 Å². The lowest BCUT2D eigenvalue weighted by Gasteiger charge is -2.18. The maximum Gasteiger partial charge on any atom is 0.330 e. The molecule has 1 aromatic carbocycles. The molecule has 1 unspecified atom stereocenters. The number of ether oxygens (including phenoxy) is 1. The molecule has 0 saturated carbocycles. The van der Waals surface area contributed by atoms with Crippen molar-refractivity contribution in [2.45, 2.75) is 18.5 Å². The number of hydrogen-bond donors (Lipinski definition) is 5. The molecule has 146 valence electrons. The quantitative estimate of drug-likeness (QED) is 0.260. The number of hydrogen-bond acceptors (Lipinski definition) is 7. The summed E-state index contributed by atoms with van der Waals surface area (Å²) < 4.78 is 4.32. The van der Waals surface area contributed by atoms with Crippen LogP contribution in [0.15, 0.2) is 36.4 Å². The first-order valence-electron chi connectivity index (χ1n) is 7.83. The second-order valence-corrected chi connectivity index (χ2v) is 5.48. The zero-order valence-electron chi connectivity index (χ0n) is 14.5. The SMILES string of the molecule is COC(=O)/C=C/C(=O)NCC(N)C(=O)N[C@@H](Cc1ccc(O)cc1)C(=O)O. The first-order chi connectivity index (χ1) is 12.7. The van der Waals surface area contributed by atoms with Gasteiger partial charge in [-0.2, -0.15) is 0 Å². The molecular weight excluding hydrogens is 358 g/mol. The fraction of sp³-hybridized carbons (Fsp3) is 0.294. The van der Waals surface area contributed by atoms with Crippen molar-refractivity contribution in [3.63, 3.8) is 0 Å². The number of benzene rings is 1. The average molecular weight is 379 g/mol. The highest BCUT2D eigenvalue weighted by atomic mass is 16.5. The Morgan fingerprint density at radius 2 is 1.81 bits per heavy atom. The van der Waals surface area contributed by atoms with Gasteiger partial charge in [0.05, 0.1) is 7.11 Å². The van der Waals surface area contributed by atoms with E-state index in [9.17, 15) is 29.4 Å². The summed E-state index contributed by atoms with van der Waals surface area (Å²) in [6, 6.07) is 3.44. The number of carboxylic acids is 1. The Labute approximate surface area is 155 Å². The number of carbonyl (C=O) groups is 4. The fourth-order valence-electron chi connectivity index (χ4n) is 1.92. The zero-order valence-corrected chi connectivity index (χ0v) is 14.5. The van der Waals surface area contributed by atoms with Gasteiger partial charge in [0.1, 0.15) is 17.8 Å². The number of esters is 1. The second kappa shape index (κ2) is 10.6. The summed E-state index contributed by atoms with van der Waals surface area (Å²) in [4.78, 5) is 45.7. The topological polar surface area (TPSA) is 168 Å². The Bertz CT molecular complexity index is 716. The number of carbonyl (C=O) groups excluding carboxylic acids is 3. The molecule has 0 aliphatic carbocycles. The first-order valence-corrected chi connectivity index (χ1v) is 7.83. The van der Waals surface area contributed by atoms with Crippen LogP contribution in [-0.2, 0) is 30.3 Å². The highest BCUT2D eigenvalue weighted by molar-refractivity contribution is 5.95. The van der Waals surface area contributed by atoms with Crippen molar-refractivity contribution in [1.82, 2.24) is 10.6 Å². The normalized spacial score (nSPS) is 12.8. The van der Waals surface area contributed by atoms with Crippen LogP contribution in [0.5, 0.6) is 5.75 Å². The molecule has 0 aliphatic heterocycles. The van der Waals surface area contributed by atoms with Crippen LogP contribution in [0, 0.1) is 0 Å². The van der Waals surface area contributed by atoms with Gasteiger partial charge < -0.3 is 31.3 Å². The molecule has 1 rings (SSSR count). The van der Waals surface area contributed by atoms with Crippen LogP contribution in [0.2, 0.25) is 0 Å². The van der Waals surface area contributed by atoms with Crippen LogP contribution >= 0.6 is 0 Å². The standard InChI is InChI=1S/C17H21N3O7/c1-27-15(23)7-6-14(22)19-9-12(18)16(24)20-13(17(25)26)8-10-2-4-11(21)5-3-10/h2-7,12-13,21H,8-9,18H2,1H3,(H,19,22)(H,20,24)(H,25,26)/b7-6+/t12?,13-/m0/s1. The van der Waals surface area contributed by atoms with E-state index in [1.54, 1.807) is 0 Å². The van der Waals surface area contributed by atoms with Crippen LogP contribution in [0.25, 0.3) is 0 Å². The van der Waals surface area contributed by atoms with Crippen molar-refractivity contribution >= 4 is 23.8 Å². The van der Waals surface area contributed by atoms with E-state index in [0.29, 0.717) is 5.56 Å². The number of rotatable bonds is 9. The molecule has 0 saturated heterocycles. The largest absolute Gasteiger partial charge is 0.508 e. The molecule has 2 amide bonds. The van der Waals surface area contributed by atoms with E-state index in [2.05, 4.69) is 15.4 Å². The van der Waals surface area contributed by atoms with Gasteiger partial charge in [-0.15, -0.1) is 0 Å². The molecule has 0 radical (unpaired) electrons. The molecule has 0 aliphatic rings. The number of methoxy groups -OCH3 is 1. The molecule has 27 heavy (non-hydrogen) atoms. The molecule has 1 aromatic rings. The lowest BCUT2D eigenvalue weighted by atomic mass is 10.1. The van der Waals surface area contributed by atoms with Gasteiger partial charge in [0, 0.05) is 25.1 Å². The Kier molecular flexibility index (Phi) is 8.46. The van der Waals surface area contributed by atoms with Crippen molar-refractivity contribution in [2.24, 2.45) is 5.73 Å². The smallest absolute Gasteiger partial charge is 0.330 e. The molecule has 0 spiro atoms. The third kappa shape index (κ3) is 8.01. The Hall–Kier alpha value is -3.40. The molecule has 0 aromatic heterocycles. The van der Waals surface area contributed by atoms with Gasteiger partial charge in [0.25, 0.3) is 0 Å². The minimum Gasteiger partial charge on any atom is -0.508 e. The summed E-state index contributed by atoms with van der Waals surface area (Å²) in [6.07, 6.45) is 1.81. The van der Waals surface area contributed by atoms with Gasteiger partial charge in [0.15, 0.2) is 0 Å². The van der Waals surface area contributed by atoms with Gasteiger partial charge in [-0.3, -0.25) is 9.59 Å². The van der Waals surface area contributed by atoms with Crippen LogP contribution in [0.3, 0.4) is 0 Å². The van der Waals surface area contributed by atoms with E-state index in [1.165, 1.54) is 24.3 Å². The van der Waals surface area contributed by atoms with Crippen molar-refractivity contribution in [2.75, 3.05) is 13.7 Å². The van der Waals surface area contributed by atoms with Crippen molar-refractivity contribution < 1.29 is 34.1 Å². The van der Waals surface area contributed by atoms with Gasteiger partial charge in [-0.25, -0.2) is 9.59 Å². The van der Waals surface area contributed by atoms with Crippen LogP contribution in [0.1, 0.15) is 5.56 Å². The average Bonchev–Trinajstić information content (AvgIpc) is 2.64. The molecular formula is C17H21N3O7. The summed E-state index contributed by atoms with van der Waals surface area (Å²) in [5.41, 5.74) is 6.23. The Morgan fingerprint density at radius 1 is 1.19 bits per heavy atom. The summed E-state index contributed by atoms with van der Waals surface area (Å²) in [7, 11) is 1.15. The monoisotopic (exact) mass is 379 g/mol. The second-order valence-electron chi connectivity index (χ2n) is 5.48. The molecule has 6 N–H and O–H groups in total. The Balaban J connectivity index is 2.56. The predicted molar refractivity (Wildman–Crippen MR) is 93.5 cm³/mol. The number of amides is 2. The van der Waals surface area contributed by atoms with Gasteiger partial charge in [0.2, 0.25) is 11.8 Å². The molecule has 10 nitrogen and oxygen atoms in total. The molecule has 0 bridgehead atoms. The molecule has 0 fully saturated rings. The van der Waals surface area contributed by atoms with E-state index in [0.717, 1.165) is 19.3 Å². The summed E-state index contributed by atoms with van der Waals surface area (Å²) >= 11 is 0. The number of phenolic OH excluding ortho intramolecular Hbond substituents is 1.